The minimum absolute atomic E-state index is 0.00510. The van der Waals surface area contributed by atoms with Gasteiger partial charge in [0, 0.05) is 29.6 Å². The van der Waals surface area contributed by atoms with Gasteiger partial charge in [0.1, 0.15) is 6.61 Å². The highest BCUT2D eigenvalue weighted by molar-refractivity contribution is 7.92. The monoisotopic (exact) mass is 493 g/mol. The number of aromatic nitrogens is 3. The van der Waals surface area contributed by atoms with Gasteiger partial charge in [0.2, 0.25) is 11.8 Å². The van der Waals surface area contributed by atoms with E-state index in [2.05, 4.69) is 25.0 Å². The molecule has 1 saturated carbocycles. The molecule has 0 radical (unpaired) electrons. The summed E-state index contributed by atoms with van der Waals surface area (Å²) in [5.74, 6) is 0.920. The highest BCUT2D eigenvalue weighted by Gasteiger charge is 2.24. The van der Waals surface area contributed by atoms with E-state index in [4.69, 9.17) is 4.74 Å². The molecule has 3 heterocycles. The van der Waals surface area contributed by atoms with Gasteiger partial charge >= 0.3 is 0 Å². The zero-order chi connectivity index (χ0) is 24.4. The molecule has 0 spiro atoms. The van der Waals surface area contributed by atoms with Gasteiger partial charge in [-0.25, -0.2) is 14.7 Å². The van der Waals surface area contributed by atoms with Crippen LogP contribution in [0.15, 0.2) is 47.6 Å². The Morgan fingerprint density at radius 3 is 2.57 bits per heavy atom. The maximum Gasteiger partial charge on any atom is 0.281 e. The van der Waals surface area contributed by atoms with Crippen LogP contribution in [0.1, 0.15) is 49.7 Å². The van der Waals surface area contributed by atoms with Crippen molar-refractivity contribution in [3.63, 3.8) is 0 Å². The van der Waals surface area contributed by atoms with Gasteiger partial charge in [-0.15, -0.1) is 0 Å². The van der Waals surface area contributed by atoms with Crippen LogP contribution in [-0.4, -0.2) is 36.0 Å². The number of hydrogen-bond donors (Lipinski definition) is 2. The van der Waals surface area contributed by atoms with E-state index in [1.54, 1.807) is 18.2 Å². The second kappa shape index (κ2) is 9.81. The van der Waals surface area contributed by atoms with E-state index in [1.165, 1.54) is 38.3 Å². The van der Waals surface area contributed by atoms with E-state index in [-0.39, 0.29) is 17.0 Å². The molecule has 4 bridgehead atoms. The zero-order valence-electron chi connectivity index (χ0n) is 20.1. The van der Waals surface area contributed by atoms with Gasteiger partial charge in [-0.3, -0.25) is 0 Å². The molecule has 3 aromatic rings. The topological polar surface area (TPSA) is 106 Å². The molecule has 0 saturated heterocycles. The number of anilines is 2. The maximum absolute atomic E-state index is 13.1. The van der Waals surface area contributed by atoms with Crippen molar-refractivity contribution in [2.75, 3.05) is 16.6 Å². The minimum atomic E-state index is -3.99. The molecule has 0 amide bonds. The first-order valence-corrected chi connectivity index (χ1v) is 13.7. The second-order valence-electron chi connectivity index (χ2n) is 9.56. The average molecular weight is 494 g/mol. The fourth-order valence-electron chi connectivity index (χ4n) is 5.13. The molecule has 184 valence electrons. The van der Waals surface area contributed by atoms with Crippen LogP contribution in [0.4, 0.5) is 11.6 Å². The molecule has 9 heteroatoms. The Hall–Kier alpha value is -3.20. The van der Waals surface area contributed by atoms with Crippen molar-refractivity contribution in [1.29, 1.82) is 0 Å². The molecule has 0 unspecified atom stereocenters. The van der Waals surface area contributed by atoms with Gasteiger partial charge in [-0.1, -0.05) is 50.3 Å². The molecule has 35 heavy (non-hydrogen) atoms. The minimum Gasteiger partial charge on any atom is -0.475 e. The predicted octanol–water partition coefficient (Wildman–Crippen LogP) is 5.10. The van der Waals surface area contributed by atoms with Crippen molar-refractivity contribution < 1.29 is 13.2 Å². The highest BCUT2D eigenvalue weighted by atomic mass is 32.2. The number of rotatable bonds is 3. The number of hydrogen-bond acceptors (Lipinski definition) is 7. The normalized spacial score (nSPS) is 19.9. The Labute approximate surface area is 206 Å². The summed E-state index contributed by atoms with van der Waals surface area (Å²) in [5, 5.41) is 3.41. The molecule has 8 nitrogen and oxygen atoms in total. The van der Waals surface area contributed by atoms with Crippen molar-refractivity contribution >= 4 is 21.7 Å². The SMILES string of the molecule is Cc1cccc(C)c1-c1cc2nc(n1)NS(=O)(=O)c1cc(ccn1)N[C@H](CC1CCCCC1)CO2. The van der Waals surface area contributed by atoms with E-state index < -0.39 is 10.0 Å². The van der Waals surface area contributed by atoms with Crippen LogP contribution in [-0.2, 0) is 10.0 Å². The summed E-state index contributed by atoms with van der Waals surface area (Å²) in [5.41, 5.74) is 4.32. The fourth-order valence-corrected chi connectivity index (χ4v) is 6.04. The Bertz CT molecular complexity index is 1300. The molecule has 2 N–H and O–H groups in total. The number of nitrogens with one attached hydrogen (secondary N) is 2. The van der Waals surface area contributed by atoms with Crippen molar-refractivity contribution in [3.8, 4) is 17.1 Å². The van der Waals surface area contributed by atoms with Gasteiger partial charge in [0.25, 0.3) is 10.0 Å². The Morgan fingerprint density at radius 1 is 1.03 bits per heavy atom. The summed E-state index contributed by atoms with van der Waals surface area (Å²) in [4.78, 5) is 13.0. The number of nitrogens with zero attached hydrogens (tertiary/aromatic N) is 3. The van der Waals surface area contributed by atoms with Crippen molar-refractivity contribution in [1.82, 2.24) is 15.0 Å². The van der Waals surface area contributed by atoms with Crippen LogP contribution in [0.5, 0.6) is 5.88 Å². The van der Waals surface area contributed by atoms with Gasteiger partial charge in [0.15, 0.2) is 5.03 Å². The van der Waals surface area contributed by atoms with E-state index in [9.17, 15) is 8.42 Å². The summed E-state index contributed by atoms with van der Waals surface area (Å²) in [6.07, 6.45) is 8.70. The molecular formula is C26H31N5O3S. The van der Waals surface area contributed by atoms with Crippen molar-refractivity contribution in [3.05, 3.63) is 53.7 Å². The number of benzene rings is 1. The molecule has 1 fully saturated rings. The Morgan fingerprint density at radius 2 is 1.80 bits per heavy atom. The third-order valence-corrected chi connectivity index (χ3v) is 8.05. The number of fused-ring (bicyclic) bond motifs is 4. The van der Waals surface area contributed by atoms with E-state index in [1.807, 2.05) is 32.0 Å². The lowest BCUT2D eigenvalue weighted by Gasteiger charge is -2.28. The smallest absolute Gasteiger partial charge is 0.281 e. The molecule has 1 aromatic carbocycles. The molecule has 2 aromatic heterocycles. The van der Waals surface area contributed by atoms with Crippen molar-refractivity contribution in [2.24, 2.45) is 5.92 Å². The lowest BCUT2D eigenvalue weighted by atomic mass is 9.85. The second-order valence-corrected chi connectivity index (χ2v) is 11.2. The van der Waals surface area contributed by atoms with Gasteiger partial charge in [0.05, 0.1) is 11.7 Å². The number of sulfonamides is 1. The van der Waals surface area contributed by atoms with Gasteiger partial charge in [-0.05, 0) is 43.4 Å². The molecule has 5 rings (SSSR count). The Kier molecular flexibility index (Phi) is 6.60. The van der Waals surface area contributed by atoms with Crippen LogP contribution >= 0.6 is 0 Å². The van der Waals surface area contributed by atoms with Crippen LogP contribution in [0.25, 0.3) is 11.3 Å². The van der Waals surface area contributed by atoms with Gasteiger partial charge in [-0.2, -0.15) is 13.4 Å². The summed E-state index contributed by atoms with van der Waals surface area (Å²) >= 11 is 0. The molecule has 2 aliphatic rings. The largest absolute Gasteiger partial charge is 0.475 e. The fraction of sp³-hybridized carbons (Fsp3) is 0.423. The average Bonchev–Trinajstić information content (AvgIpc) is 2.82. The van der Waals surface area contributed by atoms with Crippen LogP contribution in [0.2, 0.25) is 0 Å². The van der Waals surface area contributed by atoms with E-state index >= 15 is 0 Å². The van der Waals surface area contributed by atoms with Gasteiger partial charge < -0.3 is 10.1 Å². The molecule has 1 atom stereocenters. The van der Waals surface area contributed by atoms with Crippen LogP contribution in [0, 0.1) is 19.8 Å². The Balaban J connectivity index is 1.56. The number of aryl methyl sites for hydroxylation is 2. The summed E-state index contributed by atoms with van der Waals surface area (Å²) in [6.45, 7) is 4.42. The lowest BCUT2D eigenvalue weighted by Crippen LogP contribution is -2.31. The first-order chi connectivity index (χ1) is 16.9. The quantitative estimate of drug-likeness (QED) is 0.523. The molecule has 1 aliphatic carbocycles. The summed E-state index contributed by atoms with van der Waals surface area (Å²) in [6, 6.07) is 11.1. The zero-order valence-corrected chi connectivity index (χ0v) is 20.9. The van der Waals surface area contributed by atoms with Crippen LogP contribution < -0.4 is 14.8 Å². The maximum atomic E-state index is 13.1. The number of pyridine rings is 1. The predicted molar refractivity (Wildman–Crippen MR) is 136 cm³/mol. The first-order valence-electron chi connectivity index (χ1n) is 12.2. The first kappa shape index (κ1) is 23.5. The summed E-state index contributed by atoms with van der Waals surface area (Å²) < 4.78 is 35.0. The van der Waals surface area contributed by atoms with E-state index in [0.717, 1.165) is 23.1 Å². The van der Waals surface area contributed by atoms with Crippen molar-refractivity contribution in [2.45, 2.75) is 63.4 Å². The van der Waals surface area contributed by atoms with E-state index in [0.29, 0.717) is 29.8 Å². The third-order valence-electron chi connectivity index (χ3n) is 6.82. The van der Waals surface area contributed by atoms with Crippen LogP contribution in [0.3, 0.4) is 0 Å². The highest BCUT2D eigenvalue weighted by Crippen LogP contribution is 2.31. The standard InChI is InChI=1S/C26H31N5O3S/c1-17-7-6-8-18(2)25(17)22-15-23-30-26(29-22)31-35(32,33)24-14-20(11-12-27-24)28-21(16-34-23)13-19-9-4-3-5-10-19/h6-8,11-12,14-15,19,21,28H,3-5,9-10,13,16H2,1-2H3,(H,29,30,31)/t21-/m1/s1. The summed E-state index contributed by atoms with van der Waals surface area (Å²) in [7, 11) is -3.99. The molecular weight excluding hydrogens is 462 g/mol. The molecule has 1 aliphatic heterocycles. The number of ether oxygens (including phenoxy) is 1. The lowest BCUT2D eigenvalue weighted by molar-refractivity contribution is 0.247. The third kappa shape index (κ3) is 5.40.